The molecule has 162 valence electrons. The highest BCUT2D eigenvalue weighted by molar-refractivity contribution is 7.99. The fourth-order valence-electron chi connectivity index (χ4n) is 3.14. The smallest absolute Gasteiger partial charge is 0.332 e. The van der Waals surface area contributed by atoms with E-state index < -0.39 is 17.6 Å². The first kappa shape index (κ1) is 21.7. The van der Waals surface area contributed by atoms with Gasteiger partial charge in [0.2, 0.25) is 5.91 Å². The largest absolute Gasteiger partial charge is 0.416 e. The fourth-order valence-corrected chi connectivity index (χ4v) is 3.81. The zero-order chi connectivity index (χ0) is 22.6. The first-order valence-electron chi connectivity index (χ1n) is 9.71. The molecule has 0 aliphatic rings. The molecule has 1 amide bonds. The van der Waals surface area contributed by atoms with Crippen molar-refractivity contribution in [3.63, 3.8) is 0 Å². The number of carbonyl (C=O) groups is 1. The Labute approximate surface area is 186 Å². The summed E-state index contributed by atoms with van der Waals surface area (Å²) in [7, 11) is 0. The number of H-pyrrole nitrogens is 1. The molecule has 4 nitrogen and oxygen atoms in total. The van der Waals surface area contributed by atoms with Gasteiger partial charge < -0.3 is 10.3 Å². The molecular weight excluding hydrogens is 435 g/mol. The highest BCUT2D eigenvalue weighted by Crippen LogP contribution is 2.33. The lowest BCUT2D eigenvalue weighted by atomic mass is 10.1. The number of carbonyl (C=O) groups excluding carboxylic acids is 1. The van der Waals surface area contributed by atoms with Crippen molar-refractivity contribution in [3.8, 4) is 22.5 Å². The number of hydrogen-bond donors (Lipinski definition) is 2. The van der Waals surface area contributed by atoms with Crippen molar-refractivity contribution in [3.05, 3.63) is 90.5 Å². The van der Waals surface area contributed by atoms with Gasteiger partial charge in [-0.05, 0) is 18.2 Å². The summed E-state index contributed by atoms with van der Waals surface area (Å²) in [4.78, 5) is 20.3. The van der Waals surface area contributed by atoms with E-state index in [0.717, 1.165) is 34.6 Å². The number of rotatable bonds is 6. The van der Waals surface area contributed by atoms with Crippen LogP contribution >= 0.6 is 11.8 Å². The molecule has 1 heterocycles. The first-order chi connectivity index (χ1) is 15.4. The molecule has 0 aliphatic heterocycles. The Bertz CT molecular complexity index is 1150. The van der Waals surface area contributed by atoms with Gasteiger partial charge in [0, 0.05) is 16.8 Å². The van der Waals surface area contributed by atoms with Crippen LogP contribution in [0.3, 0.4) is 0 Å². The van der Waals surface area contributed by atoms with Gasteiger partial charge in [0.1, 0.15) is 0 Å². The molecule has 2 N–H and O–H groups in total. The summed E-state index contributed by atoms with van der Waals surface area (Å²) in [6.07, 6.45) is -4.47. The second kappa shape index (κ2) is 9.32. The third-order valence-corrected chi connectivity index (χ3v) is 5.48. The maximum atomic E-state index is 12.9. The van der Waals surface area contributed by atoms with Crippen LogP contribution in [0.2, 0.25) is 0 Å². The average molecular weight is 453 g/mol. The molecule has 0 saturated heterocycles. The quantitative estimate of drug-likeness (QED) is 0.328. The molecular formula is C24H18F3N3OS. The van der Waals surface area contributed by atoms with Crippen LogP contribution in [0.15, 0.2) is 90.1 Å². The molecule has 4 aromatic rings. The van der Waals surface area contributed by atoms with E-state index in [1.807, 2.05) is 60.7 Å². The van der Waals surface area contributed by atoms with Crippen LogP contribution in [0.25, 0.3) is 22.5 Å². The Kier molecular flexibility index (Phi) is 6.32. The van der Waals surface area contributed by atoms with Crippen LogP contribution in [-0.4, -0.2) is 21.6 Å². The van der Waals surface area contributed by atoms with Gasteiger partial charge in [-0.15, -0.1) is 0 Å². The molecule has 0 saturated carbocycles. The van der Waals surface area contributed by atoms with Gasteiger partial charge in [0.25, 0.3) is 0 Å². The number of thioether (sulfide) groups is 1. The number of nitrogens with zero attached hydrogens (tertiary/aromatic N) is 1. The summed E-state index contributed by atoms with van der Waals surface area (Å²) in [5, 5.41) is 3.05. The third-order valence-electron chi connectivity index (χ3n) is 4.61. The van der Waals surface area contributed by atoms with Crippen LogP contribution in [0.4, 0.5) is 18.9 Å². The monoisotopic (exact) mass is 453 g/mol. The molecule has 0 bridgehead atoms. The Hall–Kier alpha value is -3.52. The van der Waals surface area contributed by atoms with E-state index in [9.17, 15) is 18.0 Å². The molecule has 0 atom stereocenters. The SMILES string of the molecule is O=C(CSc1nc(-c2ccccc2)c(-c2ccccc2)[nH]1)Nc1cccc(C(F)(F)F)c1. The molecule has 3 aromatic carbocycles. The number of imidazole rings is 1. The molecule has 0 aliphatic carbocycles. The molecule has 4 rings (SSSR count). The number of nitrogens with one attached hydrogen (secondary N) is 2. The van der Waals surface area contributed by atoms with E-state index >= 15 is 0 Å². The topological polar surface area (TPSA) is 57.8 Å². The van der Waals surface area contributed by atoms with Crippen LogP contribution in [0.5, 0.6) is 0 Å². The lowest BCUT2D eigenvalue weighted by Gasteiger charge is -2.09. The standard InChI is InChI=1S/C24H18F3N3OS/c25-24(26,27)18-12-7-13-19(14-18)28-20(31)15-32-23-29-21(16-8-3-1-4-9-16)22(30-23)17-10-5-2-6-11-17/h1-14H,15H2,(H,28,31)(H,29,30). The van der Waals surface area contributed by atoms with Crippen molar-refractivity contribution in [2.45, 2.75) is 11.3 Å². The normalized spacial score (nSPS) is 11.3. The van der Waals surface area contributed by atoms with E-state index in [1.165, 1.54) is 23.9 Å². The number of aromatic nitrogens is 2. The summed E-state index contributed by atoms with van der Waals surface area (Å²) in [6, 6.07) is 24.0. The van der Waals surface area contributed by atoms with Crippen LogP contribution in [0, 0.1) is 0 Å². The van der Waals surface area contributed by atoms with E-state index in [-0.39, 0.29) is 11.4 Å². The van der Waals surface area contributed by atoms with Gasteiger partial charge in [0.15, 0.2) is 5.16 Å². The minimum absolute atomic E-state index is 0.00772. The second-order valence-corrected chi connectivity index (χ2v) is 7.88. The summed E-state index contributed by atoms with van der Waals surface area (Å²) >= 11 is 1.18. The number of aromatic amines is 1. The zero-order valence-electron chi connectivity index (χ0n) is 16.7. The zero-order valence-corrected chi connectivity index (χ0v) is 17.5. The lowest BCUT2D eigenvalue weighted by Crippen LogP contribution is -2.15. The molecule has 32 heavy (non-hydrogen) atoms. The Morgan fingerprint density at radius 2 is 1.56 bits per heavy atom. The number of anilines is 1. The van der Waals surface area contributed by atoms with Gasteiger partial charge >= 0.3 is 6.18 Å². The van der Waals surface area contributed by atoms with Crippen LogP contribution in [0.1, 0.15) is 5.56 Å². The third kappa shape index (κ3) is 5.20. The van der Waals surface area contributed by atoms with Crippen LogP contribution < -0.4 is 5.32 Å². The summed E-state index contributed by atoms with van der Waals surface area (Å²) < 4.78 is 38.6. The summed E-state index contributed by atoms with van der Waals surface area (Å²) in [6.45, 7) is 0. The molecule has 8 heteroatoms. The van der Waals surface area contributed by atoms with E-state index in [1.54, 1.807) is 0 Å². The number of benzene rings is 3. The lowest BCUT2D eigenvalue weighted by molar-refractivity contribution is -0.137. The molecule has 0 fully saturated rings. The van der Waals surface area contributed by atoms with Gasteiger partial charge in [-0.3, -0.25) is 4.79 Å². The Balaban J connectivity index is 1.50. The molecule has 0 unspecified atom stereocenters. The van der Waals surface area contributed by atoms with Crippen molar-refractivity contribution < 1.29 is 18.0 Å². The van der Waals surface area contributed by atoms with Crippen molar-refractivity contribution in [2.24, 2.45) is 0 Å². The van der Waals surface area contributed by atoms with Gasteiger partial charge in [0.05, 0.1) is 22.7 Å². The summed E-state index contributed by atoms with van der Waals surface area (Å²) in [5.74, 6) is -0.431. The number of halogens is 3. The molecule has 0 radical (unpaired) electrons. The predicted octanol–water partition coefficient (Wildman–Crippen LogP) is 6.49. The fraction of sp³-hybridized carbons (Fsp3) is 0.0833. The number of alkyl halides is 3. The highest BCUT2D eigenvalue weighted by Gasteiger charge is 2.30. The maximum Gasteiger partial charge on any atom is 0.416 e. The first-order valence-corrected chi connectivity index (χ1v) is 10.7. The van der Waals surface area contributed by atoms with Gasteiger partial charge in [-0.2, -0.15) is 13.2 Å². The minimum atomic E-state index is -4.47. The number of hydrogen-bond acceptors (Lipinski definition) is 3. The highest BCUT2D eigenvalue weighted by atomic mass is 32.2. The van der Waals surface area contributed by atoms with Gasteiger partial charge in [-0.1, -0.05) is 78.5 Å². The van der Waals surface area contributed by atoms with E-state index in [2.05, 4.69) is 15.3 Å². The Morgan fingerprint density at radius 1 is 0.906 bits per heavy atom. The number of amides is 1. The van der Waals surface area contributed by atoms with Crippen LogP contribution in [-0.2, 0) is 11.0 Å². The minimum Gasteiger partial charge on any atom is -0.332 e. The van der Waals surface area contributed by atoms with E-state index in [0.29, 0.717) is 5.16 Å². The predicted molar refractivity (Wildman–Crippen MR) is 120 cm³/mol. The Morgan fingerprint density at radius 3 is 2.22 bits per heavy atom. The summed E-state index contributed by atoms with van der Waals surface area (Å²) in [5.41, 5.74) is 2.77. The second-order valence-electron chi connectivity index (χ2n) is 6.91. The molecule has 1 aromatic heterocycles. The van der Waals surface area contributed by atoms with Crippen molar-refractivity contribution >= 4 is 23.4 Å². The van der Waals surface area contributed by atoms with Crippen molar-refractivity contribution in [1.29, 1.82) is 0 Å². The van der Waals surface area contributed by atoms with E-state index in [4.69, 9.17) is 0 Å². The van der Waals surface area contributed by atoms with Crippen molar-refractivity contribution in [1.82, 2.24) is 9.97 Å². The van der Waals surface area contributed by atoms with Crippen molar-refractivity contribution in [2.75, 3.05) is 11.1 Å². The average Bonchev–Trinajstić information content (AvgIpc) is 3.23. The molecule has 0 spiro atoms. The maximum absolute atomic E-state index is 12.9. The van der Waals surface area contributed by atoms with Gasteiger partial charge in [-0.25, -0.2) is 4.98 Å².